The van der Waals surface area contributed by atoms with E-state index in [-0.39, 0.29) is 0 Å². The molecule has 3 nitrogen and oxygen atoms in total. The predicted molar refractivity (Wildman–Crippen MR) is 83.0 cm³/mol. The zero-order valence-electron chi connectivity index (χ0n) is 11.9. The Labute approximate surface area is 124 Å². The molecule has 0 fully saturated rings. The number of aryl methyl sites for hydroxylation is 1. The summed E-state index contributed by atoms with van der Waals surface area (Å²) in [5.41, 5.74) is 1.35. The van der Waals surface area contributed by atoms with Gasteiger partial charge in [-0.05, 0) is 43.5 Å². The minimum Gasteiger partial charge on any atom is -0.497 e. The smallest absolute Gasteiger partial charge is 0.120 e. The van der Waals surface area contributed by atoms with Crippen LogP contribution in [0.5, 0.6) is 5.75 Å². The lowest BCUT2D eigenvalue weighted by atomic mass is 10.1. The van der Waals surface area contributed by atoms with Gasteiger partial charge in [0.1, 0.15) is 5.75 Å². The molecule has 0 amide bonds. The maximum atomic E-state index is 5.19. The molecule has 0 spiro atoms. The van der Waals surface area contributed by atoms with Gasteiger partial charge in [-0.25, -0.2) is 0 Å². The highest BCUT2D eigenvalue weighted by atomic mass is 79.9. The number of rotatable bonds is 10. The molecular weight excluding hydrogens is 306 g/mol. The van der Waals surface area contributed by atoms with Crippen LogP contribution in [0.4, 0.5) is 0 Å². The molecule has 0 bridgehead atoms. The predicted octanol–water partition coefficient (Wildman–Crippen LogP) is 3.41. The van der Waals surface area contributed by atoms with Gasteiger partial charge in [0.2, 0.25) is 0 Å². The van der Waals surface area contributed by atoms with Crippen molar-refractivity contribution in [1.82, 2.24) is 5.32 Å². The Bertz CT molecular complexity index is 358. The highest BCUT2D eigenvalue weighted by molar-refractivity contribution is 9.10. The van der Waals surface area contributed by atoms with Gasteiger partial charge >= 0.3 is 0 Å². The van der Waals surface area contributed by atoms with Gasteiger partial charge in [0.05, 0.1) is 13.7 Å². The molecule has 0 aliphatic carbocycles. The summed E-state index contributed by atoms with van der Waals surface area (Å²) in [6.45, 7) is 2.81. The number of halogens is 1. The maximum absolute atomic E-state index is 5.19. The van der Waals surface area contributed by atoms with Gasteiger partial charge in [-0.2, -0.15) is 0 Å². The third kappa shape index (κ3) is 6.95. The minimum atomic E-state index is 0.790. The minimum absolute atomic E-state index is 0.790. The van der Waals surface area contributed by atoms with Gasteiger partial charge in [-0.15, -0.1) is 0 Å². The molecule has 0 atom stereocenters. The Morgan fingerprint density at radius 1 is 1.11 bits per heavy atom. The standard InChI is InChI=1S/C15H24BrNO2/c1-18-11-10-17-9-5-3-4-6-13-7-8-14(19-2)12-15(13)16/h7-8,12,17H,3-6,9-11H2,1-2H3. The molecule has 1 aromatic carbocycles. The molecular formula is C15H24BrNO2. The lowest BCUT2D eigenvalue weighted by molar-refractivity contribution is 0.199. The third-order valence-electron chi connectivity index (χ3n) is 3.04. The molecule has 0 aromatic heterocycles. The Balaban J connectivity index is 2.12. The Kier molecular flexibility index (Phi) is 8.88. The van der Waals surface area contributed by atoms with E-state index in [0.29, 0.717) is 0 Å². The van der Waals surface area contributed by atoms with Crippen LogP contribution < -0.4 is 10.1 Å². The molecule has 19 heavy (non-hydrogen) atoms. The van der Waals surface area contributed by atoms with Crippen LogP contribution in [0.1, 0.15) is 24.8 Å². The fourth-order valence-corrected chi connectivity index (χ4v) is 2.46. The quantitative estimate of drug-likeness (QED) is 0.667. The van der Waals surface area contributed by atoms with Crippen LogP contribution in [0, 0.1) is 0 Å². The van der Waals surface area contributed by atoms with Gasteiger partial charge in [0.15, 0.2) is 0 Å². The third-order valence-corrected chi connectivity index (χ3v) is 3.78. The summed E-state index contributed by atoms with van der Waals surface area (Å²) in [4.78, 5) is 0. The fourth-order valence-electron chi connectivity index (χ4n) is 1.90. The molecule has 0 saturated carbocycles. The average molecular weight is 330 g/mol. The van der Waals surface area contributed by atoms with Crippen LogP contribution in [0.2, 0.25) is 0 Å². The second kappa shape index (κ2) is 10.2. The van der Waals surface area contributed by atoms with E-state index >= 15 is 0 Å². The Morgan fingerprint density at radius 2 is 1.95 bits per heavy atom. The van der Waals surface area contributed by atoms with Gasteiger partial charge in [-0.3, -0.25) is 0 Å². The van der Waals surface area contributed by atoms with E-state index in [9.17, 15) is 0 Å². The van der Waals surface area contributed by atoms with Crippen molar-refractivity contribution in [1.29, 1.82) is 0 Å². The molecule has 1 N–H and O–H groups in total. The van der Waals surface area contributed by atoms with Crippen molar-refractivity contribution < 1.29 is 9.47 Å². The second-order valence-electron chi connectivity index (χ2n) is 4.51. The molecule has 4 heteroatoms. The van der Waals surface area contributed by atoms with Crippen LogP contribution in [0.3, 0.4) is 0 Å². The van der Waals surface area contributed by atoms with Crippen molar-refractivity contribution in [2.75, 3.05) is 33.9 Å². The van der Waals surface area contributed by atoms with Crippen molar-refractivity contribution in [3.8, 4) is 5.75 Å². The molecule has 1 rings (SSSR count). The number of benzene rings is 1. The van der Waals surface area contributed by atoms with E-state index in [1.807, 2.05) is 12.1 Å². The first kappa shape index (κ1) is 16.5. The number of nitrogens with one attached hydrogen (secondary N) is 1. The normalized spacial score (nSPS) is 10.7. The van der Waals surface area contributed by atoms with Crippen molar-refractivity contribution in [3.05, 3.63) is 28.2 Å². The topological polar surface area (TPSA) is 30.5 Å². The Morgan fingerprint density at radius 3 is 2.63 bits per heavy atom. The van der Waals surface area contributed by atoms with Crippen LogP contribution in [0.25, 0.3) is 0 Å². The summed E-state index contributed by atoms with van der Waals surface area (Å²) < 4.78 is 11.3. The van der Waals surface area contributed by atoms with Crippen LogP contribution in [-0.2, 0) is 11.2 Å². The zero-order chi connectivity index (χ0) is 13.9. The Hall–Kier alpha value is -0.580. The van der Waals surface area contributed by atoms with E-state index in [1.54, 1.807) is 14.2 Å². The lowest BCUT2D eigenvalue weighted by Gasteiger charge is -2.07. The second-order valence-corrected chi connectivity index (χ2v) is 5.37. The molecule has 0 heterocycles. The van der Waals surface area contributed by atoms with Gasteiger partial charge in [-0.1, -0.05) is 28.4 Å². The molecule has 0 aliphatic heterocycles. The molecule has 0 unspecified atom stereocenters. The number of hydrogen-bond donors (Lipinski definition) is 1. The first-order valence-corrected chi connectivity index (χ1v) is 7.59. The lowest BCUT2D eigenvalue weighted by Crippen LogP contribution is -2.20. The fraction of sp³-hybridized carbons (Fsp3) is 0.600. The summed E-state index contributed by atoms with van der Waals surface area (Å²) in [5, 5.41) is 3.36. The van der Waals surface area contributed by atoms with Crippen LogP contribution in [-0.4, -0.2) is 33.9 Å². The van der Waals surface area contributed by atoms with Crippen molar-refractivity contribution in [3.63, 3.8) is 0 Å². The van der Waals surface area contributed by atoms with Gasteiger partial charge in [0, 0.05) is 18.1 Å². The molecule has 1 aromatic rings. The summed E-state index contributed by atoms with van der Waals surface area (Å²) >= 11 is 3.59. The first-order valence-electron chi connectivity index (χ1n) is 6.80. The average Bonchev–Trinajstić information content (AvgIpc) is 2.43. The van der Waals surface area contributed by atoms with Crippen molar-refractivity contribution >= 4 is 15.9 Å². The van der Waals surface area contributed by atoms with Crippen molar-refractivity contribution in [2.24, 2.45) is 0 Å². The van der Waals surface area contributed by atoms with E-state index in [4.69, 9.17) is 9.47 Å². The SMILES string of the molecule is COCCNCCCCCc1ccc(OC)cc1Br. The number of unbranched alkanes of at least 4 members (excludes halogenated alkanes) is 2. The first-order chi connectivity index (χ1) is 9.27. The van der Waals surface area contributed by atoms with Crippen LogP contribution in [0.15, 0.2) is 22.7 Å². The largest absolute Gasteiger partial charge is 0.497 e. The molecule has 0 saturated heterocycles. The number of hydrogen-bond acceptors (Lipinski definition) is 3. The summed E-state index contributed by atoms with van der Waals surface area (Å²) in [6, 6.07) is 6.19. The van der Waals surface area contributed by atoms with E-state index in [1.165, 1.54) is 24.8 Å². The van der Waals surface area contributed by atoms with Gasteiger partial charge < -0.3 is 14.8 Å². The number of methoxy groups -OCH3 is 2. The highest BCUT2D eigenvalue weighted by Crippen LogP contribution is 2.24. The van der Waals surface area contributed by atoms with E-state index in [0.717, 1.165) is 36.3 Å². The number of ether oxygens (including phenoxy) is 2. The molecule has 108 valence electrons. The van der Waals surface area contributed by atoms with Crippen molar-refractivity contribution in [2.45, 2.75) is 25.7 Å². The monoisotopic (exact) mass is 329 g/mol. The molecule has 0 radical (unpaired) electrons. The molecule has 0 aliphatic rings. The van der Waals surface area contributed by atoms with Crippen LogP contribution >= 0.6 is 15.9 Å². The highest BCUT2D eigenvalue weighted by Gasteiger charge is 2.01. The maximum Gasteiger partial charge on any atom is 0.120 e. The summed E-state index contributed by atoms with van der Waals surface area (Å²) in [6.07, 6.45) is 4.80. The van der Waals surface area contributed by atoms with E-state index < -0.39 is 0 Å². The van der Waals surface area contributed by atoms with E-state index in [2.05, 4.69) is 27.3 Å². The summed E-state index contributed by atoms with van der Waals surface area (Å²) in [5.74, 6) is 0.901. The summed E-state index contributed by atoms with van der Waals surface area (Å²) in [7, 11) is 3.42. The zero-order valence-corrected chi connectivity index (χ0v) is 13.5. The van der Waals surface area contributed by atoms with Gasteiger partial charge in [0.25, 0.3) is 0 Å².